The lowest BCUT2D eigenvalue weighted by atomic mass is 10.0. The molecule has 19 heavy (non-hydrogen) atoms. The highest BCUT2D eigenvalue weighted by atomic mass is 16.5. The molecule has 116 valence electrons. The van der Waals surface area contributed by atoms with Gasteiger partial charge in [-0.3, -0.25) is 0 Å². The molecule has 0 heterocycles. The van der Waals surface area contributed by atoms with E-state index in [0.717, 1.165) is 19.4 Å². The lowest BCUT2D eigenvalue weighted by Crippen LogP contribution is -2.22. The molecule has 0 amide bonds. The van der Waals surface area contributed by atoms with Crippen LogP contribution in [0.2, 0.25) is 0 Å². The van der Waals surface area contributed by atoms with Crippen molar-refractivity contribution in [1.29, 1.82) is 0 Å². The van der Waals surface area contributed by atoms with E-state index in [0.29, 0.717) is 19.3 Å². The van der Waals surface area contributed by atoms with Crippen LogP contribution >= 0.6 is 0 Å². The standard InChI is InChI=1S/C16H35NO2/c1-3-4-5-6-7-8-9-10-11-16(17)12-13-19-15-14-18-2/h16H,3-15,17H2,1-2H3. The quantitative estimate of drug-likeness (QED) is 0.460. The Morgan fingerprint density at radius 3 is 2.05 bits per heavy atom. The highest BCUT2D eigenvalue weighted by Gasteiger charge is 2.02. The Morgan fingerprint density at radius 2 is 1.42 bits per heavy atom. The molecule has 0 aliphatic rings. The molecule has 0 aliphatic carbocycles. The molecule has 0 aliphatic heterocycles. The smallest absolute Gasteiger partial charge is 0.0700 e. The largest absolute Gasteiger partial charge is 0.382 e. The van der Waals surface area contributed by atoms with Crippen molar-refractivity contribution in [3.05, 3.63) is 0 Å². The van der Waals surface area contributed by atoms with E-state index in [1.165, 1.54) is 51.4 Å². The zero-order chi connectivity index (χ0) is 14.2. The van der Waals surface area contributed by atoms with Crippen molar-refractivity contribution in [1.82, 2.24) is 0 Å². The minimum Gasteiger partial charge on any atom is -0.382 e. The van der Waals surface area contributed by atoms with E-state index in [-0.39, 0.29) is 0 Å². The third-order valence-corrected chi connectivity index (χ3v) is 3.49. The number of methoxy groups -OCH3 is 1. The zero-order valence-electron chi connectivity index (χ0n) is 13.2. The zero-order valence-corrected chi connectivity index (χ0v) is 13.2. The molecule has 0 bridgehead atoms. The Kier molecular flexibility index (Phi) is 15.8. The fourth-order valence-corrected chi connectivity index (χ4v) is 2.16. The van der Waals surface area contributed by atoms with Gasteiger partial charge in [0.05, 0.1) is 13.2 Å². The normalized spacial score (nSPS) is 12.8. The summed E-state index contributed by atoms with van der Waals surface area (Å²) in [5, 5.41) is 0. The van der Waals surface area contributed by atoms with E-state index >= 15 is 0 Å². The number of rotatable bonds is 15. The summed E-state index contributed by atoms with van der Waals surface area (Å²) in [7, 11) is 1.69. The van der Waals surface area contributed by atoms with Crippen molar-refractivity contribution < 1.29 is 9.47 Å². The van der Waals surface area contributed by atoms with E-state index in [9.17, 15) is 0 Å². The molecule has 1 atom stereocenters. The molecule has 0 saturated carbocycles. The van der Waals surface area contributed by atoms with Crippen molar-refractivity contribution in [2.45, 2.75) is 77.2 Å². The van der Waals surface area contributed by atoms with E-state index in [4.69, 9.17) is 15.2 Å². The van der Waals surface area contributed by atoms with Crippen molar-refractivity contribution in [2.75, 3.05) is 26.9 Å². The number of nitrogens with two attached hydrogens (primary N) is 1. The van der Waals surface area contributed by atoms with Crippen LogP contribution in [0.25, 0.3) is 0 Å². The Labute approximate surface area is 120 Å². The summed E-state index contributed by atoms with van der Waals surface area (Å²) in [5.74, 6) is 0. The van der Waals surface area contributed by atoms with Gasteiger partial charge in [-0.2, -0.15) is 0 Å². The Hall–Kier alpha value is -0.120. The second-order valence-corrected chi connectivity index (χ2v) is 5.42. The van der Waals surface area contributed by atoms with Gasteiger partial charge in [0.2, 0.25) is 0 Å². The second kappa shape index (κ2) is 15.9. The number of hydrogen-bond donors (Lipinski definition) is 1. The first-order valence-corrected chi connectivity index (χ1v) is 8.13. The third kappa shape index (κ3) is 15.8. The van der Waals surface area contributed by atoms with Crippen LogP contribution in [0.5, 0.6) is 0 Å². The van der Waals surface area contributed by atoms with Crippen LogP contribution in [-0.2, 0) is 9.47 Å². The number of ether oxygens (including phenoxy) is 2. The van der Waals surface area contributed by atoms with Crippen molar-refractivity contribution in [3.63, 3.8) is 0 Å². The van der Waals surface area contributed by atoms with Crippen molar-refractivity contribution in [3.8, 4) is 0 Å². The van der Waals surface area contributed by atoms with Crippen LogP contribution in [0.15, 0.2) is 0 Å². The summed E-state index contributed by atoms with van der Waals surface area (Å²) in [6.07, 6.45) is 13.0. The first-order chi connectivity index (χ1) is 9.31. The molecular weight excluding hydrogens is 238 g/mol. The third-order valence-electron chi connectivity index (χ3n) is 3.49. The van der Waals surface area contributed by atoms with Gasteiger partial charge in [0, 0.05) is 19.8 Å². The van der Waals surface area contributed by atoms with Gasteiger partial charge < -0.3 is 15.2 Å². The summed E-state index contributed by atoms with van der Waals surface area (Å²) in [5.41, 5.74) is 6.06. The monoisotopic (exact) mass is 273 g/mol. The fraction of sp³-hybridized carbons (Fsp3) is 1.00. The molecule has 0 saturated heterocycles. The van der Waals surface area contributed by atoms with Crippen LogP contribution < -0.4 is 5.73 Å². The Bertz CT molecular complexity index is 165. The number of unbranched alkanes of at least 4 members (excludes halogenated alkanes) is 7. The molecular formula is C16H35NO2. The average molecular weight is 273 g/mol. The molecule has 1 unspecified atom stereocenters. The van der Waals surface area contributed by atoms with Crippen LogP contribution in [0, 0.1) is 0 Å². The molecule has 0 fully saturated rings. The molecule has 0 aromatic carbocycles. The van der Waals surface area contributed by atoms with Crippen molar-refractivity contribution in [2.24, 2.45) is 5.73 Å². The predicted molar refractivity (Wildman–Crippen MR) is 82.5 cm³/mol. The van der Waals surface area contributed by atoms with Crippen LogP contribution in [-0.4, -0.2) is 33.0 Å². The molecule has 0 radical (unpaired) electrons. The van der Waals surface area contributed by atoms with E-state index in [2.05, 4.69) is 6.92 Å². The molecule has 0 spiro atoms. The SMILES string of the molecule is CCCCCCCCCCC(N)CCOCCOC. The maximum atomic E-state index is 6.06. The average Bonchev–Trinajstić information content (AvgIpc) is 2.41. The number of hydrogen-bond acceptors (Lipinski definition) is 3. The molecule has 0 aromatic heterocycles. The summed E-state index contributed by atoms with van der Waals surface area (Å²) < 4.78 is 10.3. The first-order valence-electron chi connectivity index (χ1n) is 8.13. The maximum absolute atomic E-state index is 6.06. The van der Waals surface area contributed by atoms with E-state index in [1.54, 1.807) is 7.11 Å². The van der Waals surface area contributed by atoms with E-state index in [1.807, 2.05) is 0 Å². The van der Waals surface area contributed by atoms with Crippen LogP contribution in [0.1, 0.15) is 71.1 Å². The summed E-state index contributed by atoms with van der Waals surface area (Å²) in [6, 6.07) is 0.308. The molecule has 3 nitrogen and oxygen atoms in total. The fourth-order valence-electron chi connectivity index (χ4n) is 2.16. The Morgan fingerprint density at radius 1 is 0.789 bits per heavy atom. The van der Waals surface area contributed by atoms with Gasteiger partial charge in [-0.25, -0.2) is 0 Å². The molecule has 0 aromatic rings. The second-order valence-electron chi connectivity index (χ2n) is 5.42. The minimum absolute atomic E-state index is 0.308. The highest BCUT2D eigenvalue weighted by molar-refractivity contribution is 4.61. The van der Waals surface area contributed by atoms with Gasteiger partial charge in [0.15, 0.2) is 0 Å². The molecule has 2 N–H and O–H groups in total. The van der Waals surface area contributed by atoms with Gasteiger partial charge >= 0.3 is 0 Å². The van der Waals surface area contributed by atoms with Crippen LogP contribution in [0.4, 0.5) is 0 Å². The predicted octanol–water partition coefficient (Wildman–Crippen LogP) is 3.90. The van der Waals surface area contributed by atoms with Gasteiger partial charge in [-0.05, 0) is 12.8 Å². The Balaban J connectivity index is 3.09. The van der Waals surface area contributed by atoms with Gasteiger partial charge in [0.1, 0.15) is 0 Å². The van der Waals surface area contributed by atoms with E-state index < -0.39 is 0 Å². The molecule has 3 heteroatoms. The molecule has 0 rings (SSSR count). The lowest BCUT2D eigenvalue weighted by molar-refractivity contribution is 0.0668. The topological polar surface area (TPSA) is 44.5 Å². The summed E-state index contributed by atoms with van der Waals surface area (Å²) >= 11 is 0. The van der Waals surface area contributed by atoms with Crippen molar-refractivity contribution >= 4 is 0 Å². The van der Waals surface area contributed by atoms with Gasteiger partial charge in [0.25, 0.3) is 0 Å². The van der Waals surface area contributed by atoms with Gasteiger partial charge in [-0.1, -0.05) is 58.3 Å². The summed E-state index contributed by atoms with van der Waals surface area (Å²) in [6.45, 7) is 4.39. The van der Waals surface area contributed by atoms with Crippen LogP contribution in [0.3, 0.4) is 0 Å². The maximum Gasteiger partial charge on any atom is 0.0700 e. The first kappa shape index (κ1) is 18.9. The summed E-state index contributed by atoms with van der Waals surface area (Å²) in [4.78, 5) is 0. The lowest BCUT2D eigenvalue weighted by Gasteiger charge is -2.11. The highest BCUT2D eigenvalue weighted by Crippen LogP contribution is 2.10. The minimum atomic E-state index is 0.308. The van der Waals surface area contributed by atoms with Gasteiger partial charge in [-0.15, -0.1) is 0 Å².